The molecule has 1 aliphatic rings. The van der Waals surface area contributed by atoms with Gasteiger partial charge in [0.1, 0.15) is 0 Å². The third-order valence-electron chi connectivity index (χ3n) is 3.83. The molecular formula is C15H19N3O. The average Bonchev–Trinajstić information content (AvgIpc) is 2.46. The molecule has 19 heavy (non-hydrogen) atoms. The van der Waals surface area contributed by atoms with E-state index in [1.807, 2.05) is 6.07 Å². The number of carbonyl (C=O) groups excluding carboxylic acids is 1. The van der Waals surface area contributed by atoms with E-state index in [9.17, 15) is 4.79 Å². The molecule has 2 unspecified atom stereocenters. The maximum atomic E-state index is 12.5. The van der Waals surface area contributed by atoms with Crippen molar-refractivity contribution in [2.75, 3.05) is 11.9 Å². The van der Waals surface area contributed by atoms with E-state index >= 15 is 0 Å². The van der Waals surface area contributed by atoms with Crippen LogP contribution in [0.1, 0.15) is 31.2 Å². The molecular weight excluding hydrogens is 238 g/mol. The molecule has 0 bridgehead atoms. The largest absolute Gasteiger partial charge is 0.327 e. The predicted octanol–water partition coefficient (Wildman–Crippen LogP) is 2.04. The van der Waals surface area contributed by atoms with Crippen LogP contribution in [-0.2, 0) is 4.79 Å². The number of nitrogens with zero attached hydrogens (tertiary/aromatic N) is 2. The summed E-state index contributed by atoms with van der Waals surface area (Å²) in [6.45, 7) is 0. The first-order chi connectivity index (χ1) is 9.13. The van der Waals surface area contributed by atoms with Gasteiger partial charge in [0.05, 0.1) is 17.6 Å². The lowest BCUT2D eigenvalue weighted by Gasteiger charge is -2.31. The van der Waals surface area contributed by atoms with Crippen molar-refractivity contribution in [3.8, 4) is 6.07 Å². The van der Waals surface area contributed by atoms with Gasteiger partial charge in [0.15, 0.2) is 0 Å². The van der Waals surface area contributed by atoms with Crippen LogP contribution >= 0.6 is 0 Å². The second kappa shape index (κ2) is 5.85. The molecule has 0 spiro atoms. The smallest absolute Gasteiger partial charge is 0.231 e. The third kappa shape index (κ3) is 2.94. The number of hydrogen-bond acceptors (Lipinski definition) is 3. The molecule has 4 heteroatoms. The maximum Gasteiger partial charge on any atom is 0.231 e. The minimum absolute atomic E-state index is 0.0390. The molecule has 0 heterocycles. The summed E-state index contributed by atoms with van der Waals surface area (Å²) in [4.78, 5) is 14.1. The number of nitriles is 1. The zero-order valence-corrected chi connectivity index (χ0v) is 11.2. The topological polar surface area (TPSA) is 70.1 Å². The number of nitrogens with two attached hydrogens (primary N) is 1. The Morgan fingerprint density at radius 2 is 2.16 bits per heavy atom. The van der Waals surface area contributed by atoms with Gasteiger partial charge in [-0.3, -0.25) is 4.79 Å². The van der Waals surface area contributed by atoms with E-state index in [-0.39, 0.29) is 17.9 Å². The van der Waals surface area contributed by atoms with Crippen molar-refractivity contribution in [2.45, 2.75) is 31.7 Å². The lowest BCUT2D eigenvalue weighted by atomic mass is 9.84. The van der Waals surface area contributed by atoms with Crippen molar-refractivity contribution < 1.29 is 4.79 Å². The van der Waals surface area contributed by atoms with Crippen molar-refractivity contribution in [1.29, 1.82) is 5.26 Å². The highest BCUT2D eigenvalue weighted by atomic mass is 16.2. The third-order valence-corrected chi connectivity index (χ3v) is 3.83. The van der Waals surface area contributed by atoms with Crippen molar-refractivity contribution in [3.05, 3.63) is 29.8 Å². The first-order valence-corrected chi connectivity index (χ1v) is 6.67. The Balaban J connectivity index is 2.16. The van der Waals surface area contributed by atoms with Crippen LogP contribution in [0, 0.1) is 17.2 Å². The highest BCUT2D eigenvalue weighted by molar-refractivity contribution is 5.95. The van der Waals surface area contributed by atoms with E-state index in [4.69, 9.17) is 11.0 Å². The molecule has 0 radical (unpaired) electrons. The van der Waals surface area contributed by atoms with Crippen molar-refractivity contribution in [2.24, 2.45) is 11.7 Å². The van der Waals surface area contributed by atoms with Gasteiger partial charge < -0.3 is 10.6 Å². The van der Waals surface area contributed by atoms with Crippen LogP contribution in [0.2, 0.25) is 0 Å². The Morgan fingerprint density at radius 1 is 1.42 bits per heavy atom. The zero-order valence-electron chi connectivity index (χ0n) is 11.2. The summed E-state index contributed by atoms with van der Waals surface area (Å²) in [5.41, 5.74) is 7.36. The summed E-state index contributed by atoms with van der Waals surface area (Å²) in [6, 6.07) is 9.14. The Morgan fingerprint density at radius 3 is 2.84 bits per heavy atom. The maximum absolute atomic E-state index is 12.5. The molecule has 1 saturated carbocycles. The molecule has 0 aliphatic heterocycles. The minimum atomic E-state index is -0.0931. The van der Waals surface area contributed by atoms with Crippen LogP contribution < -0.4 is 10.6 Å². The van der Waals surface area contributed by atoms with E-state index in [1.54, 1.807) is 30.1 Å². The monoisotopic (exact) mass is 257 g/mol. The molecule has 0 aromatic heterocycles. The fraction of sp³-hybridized carbons (Fsp3) is 0.467. The van der Waals surface area contributed by atoms with Gasteiger partial charge in [-0.05, 0) is 31.0 Å². The van der Waals surface area contributed by atoms with Crippen LogP contribution in [0.15, 0.2) is 24.3 Å². The van der Waals surface area contributed by atoms with Crippen molar-refractivity contribution >= 4 is 11.6 Å². The fourth-order valence-corrected chi connectivity index (χ4v) is 2.63. The first kappa shape index (κ1) is 13.6. The Bertz CT molecular complexity index is 506. The van der Waals surface area contributed by atoms with Crippen LogP contribution in [0.3, 0.4) is 0 Å². The van der Waals surface area contributed by atoms with Gasteiger partial charge in [0, 0.05) is 18.8 Å². The number of carbonyl (C=O) groups is 1. The number of rotatable bonds is 2. The van der Waals surface area contributed by atoms with E-state index in [1.165, 1.54) is 0 Å². The zero-order chi connectivity index (χ0) is 13.8. The summed E-state index contributed by atoms with van der Waals surface area (Å²) in [6.07, 6.45) is 3.96. The molecule has 2 rings (SSSR count). The predicted molar refractivity (Wildman–Crippen MR) is 74.5 cm³/mol. The highest BCUT2D eigenvalue weighted by Gasteiger charge is 2.30. The van der Waals surface area contributed by atoms with E-state index < -0.39 is 0 Å². The molecule has 100 valence electrons. The van der Waals surface area contributed by atoms with Crippen LogP contribution in [0.25, 0.3) is 0 Å². The molecule has 0 saturated heterocycles. The molecule has 4 nitrogen and oxygen atoms in total. The molecule has 1 amide bonds. The van der Waals surface area contributed by atoms with Crippen molar-refractivity contribution in [3.63, 3.8) is 0 Å². The summed E-state index contributed by atoms with van der Waals surface area (Å²) >= 11 is 0. The Hall–Kier alpha value is -1.86. The number of amides is 1. The van der Waals surface area contributed by atoms with E-state index in [0.29, 0.717) is 5.56 Å². The quantitative estimate of drug-likeness (QED) is 0.881. The molecule has 1 aromatic rings. The lowest BCUT2D eigenvalue weighted by Crippen LogP contribution is -2.44. The van der Waals surface area contributed by atoms with Gasteiger partial charge >= 0.3 is 0 Å². The molecule has 1 aliphatic carbocycles. The Labute approximate surface area is 113 Å². The molecule has 2 N–H and O–H groups in total. The first-order valence-electron chi connectivity index (χ1n) is 6.67. The SMILES string of the molecule is CN(C(=O)C1CCCCC1N)c1cccc(C#N)c1. The minimum Gasteiger partial charge on any atom is -0.327 e. The second-order valence-corrected chi connectivity index (χ2v) is 5.11. The molecule has 1 fully saturated rings. The summed E-state index contributed by atoms with van der Waals surface area (Å²) in [7, 11) is 1.75. The van der Waals surface area contributed by atoms with E-state index in [0.717, 1.165) is 31.4 Å². The van der Waals surface area contributed by atoms with Gasteiger partial charge in [-0.1, -0.05) is 18.9 Å². The standard InChI is InChI=1S/C15H19N3O/c1-18(12-6-4-5-11(9-12)10-16)15(19)13-7-2-3-8-14(13)17/h4-6,9,13-14H,2-3,7-8,17H2,1H3. The van der Waals surface area contributed by atoms with Gasteiger partial charge in [0.25, 0.3) is 0 Å². The number of benzene rings is 1. The summed E-state index contributed by atoms with van der Waals surface area (Å²) in [5.74, 6) is -0.0354. The summed E-state index contributed by atoms with van der Waals surface area (Å²) < 4.78 is 0. The van der Waals surface area contributed by atoms with Crippen LogP contribution in [0.4, 0.5) is 5.69 Å². The average molecular weight is 257 g/mol. The van der Waals surface area contributed by atoms with Crippen LogP contribution in [0.5, 0.6) is 0 Å². The number of hydrogen-bond donors (Lipinski definition) is 1. The number of anilines is 1. The molecule has 1 aromatic carbocycles. The van der Waals surface area contributed by atoms with Crippen LogP contribution in [-0.4, -0.2) is 19.0 Å². The fourth-order valence-electron chi connectivity index (χ4n) is 2.63. The normalized spacial score (nSPS) is 22.6. The van der Waals surface area contributed by atoms with Crippen molar-refractivity contribution in [1.82, 2.24) is 0 Å². The lowest BCUT2D eigenvalue weighted by molar-refractivity contribution is -0.123. The van der Waals surface area contributed by atoms with Gasteiger partial charge in [0.2, 0.25) is 5.91 Å². The van der Waals surface area contributed by atoms with Gasteiger partial charge in [-0.15, -0.1) is 0 Å². The Kier molecular flexibility index (Phi) is 4.18. The highest BCUT2D eigenvalue weighted by Crippen LogP contribution is 2.26. The second-order valence-electron chi connectivity index (χ2n) is 5.11. The van der Waals surface area contributed by atoms with Gasteiger partial charge in [-0.2, -0.15) is 5.26 Å². The van der Waals surface area contributed by atoms with E-state index in [2.05, 4.69) is 6.07 Å². The summed E-state index contributed by atoms with van der Waals surface area (Å²) in [5, 5.41) is 8.90. The molecule has 2 atom stereocenters. The van der Waals surface area contributed by atoms with Gasteiger partial charge in [-0.25, -0.2) is 0 Å².